The predicted molar refractivity (Wildman–Crippen MR) is 87.1 cm³/mol. The maximum absolute atomic E-state index is 12.2. The molecule has 0 saturated carbocycles. The van der Waals surface area contributed by atoms with Crippen LogP contribution in [0.15, 0.2) is 23.0 Å². The highest BCUT2D eigenvalue weighted by molar-refractivity contribution is 5.83. The van der Waals surface area contributed by atoms with Crippen molar-refractivity contribution in [1.82, 2.24) is 9.88 Å². The number of fused-ring (bicyclic) bond motifs is 1. The second kappa shape index (κ2) is 7.45. The van der Waals surface area contributed by atoms with Gasteiger partial charge in [0.1, 0.15) is 0 Å². The van der Waals surface area contributed by atoms with Gasteiger partial charge in [0.05, 0.1) is 32.4 Å². The van der Waals surface area contributed by atoms with E-state index in [0.717, 1.165) is 5.39 Å². The second-order valence-corrected chi connectivity index (χ2v) is 5.45. The Morgan fingerprint density at radius 1 is 1.22 bits per heavy atom. The number of ether oxygens (including phenoxy) is 2. The van der Waals surface area contributed by atoms with Crippen LogP contribution in [0.3, 0.4) is 0 Å². The molecule has 0 saturated heterocycles. The Hall–Kier alpha value is -2.09. The van der Waals surface area contributed by atoms with Crippen molar-refractivity contribution < 1.29 is 19.7 Å². The molecule has 0 radical (unpaired) electrons. The van der Waals surface area contributed by atoms with Crippen LogP contribution in [0.4, 0.5) is 0 Å². The number of aromatic nitrogens is 1. The Morgan fingerprint density at radius 2 is 1.87 bits per heavy atom. The number of aliphatic hydroxyl groups is 2. The fourth-order valence-corrected chi connectivity index (χ4v) is 2.47. The molecule has 1 aromatic carbocycles. The van der Waals surface area contributed by atoms with E-state index < -0.39 is 6.10 Å². The molecule has 0 aliphatic heterocycles. The molecule has 1 aromatic heterocycles. The Labute approximate surface area is 134 Å². The Morgan fingerprint density at radius 3 is 2.48 bits per heavy atom. The van der Waals surface area contributed by atoms with Gasteiger partial charge in [-0.25, -0.2) is 0 Å². The lowest BCUT2D eigenvalue weighted by Gasteiger charge is -2.19. The number of hydrogen-bond donors (Lipinski definition) is 3. The molecular weight excluding hydrogens is 300 g/mol. The maximum atomic E-state index is 12.2. The SMILES string of the molecule is COc1cc2cc(CN(C)C[C@@H](O)CO)c(=O)[nH]c2cc1OC. The van der Waals surface area contributed by atoms with Gasteiger partial charge in [-0.1, -0.05) is 0 Å². The number of rotatable bonds is 7. The van der Waals surface area contributed by atoms with E-state index in [0.29, 0.717) is 29.1 Å². The number of methoxy groups -OCH3 is 2. The minimum absolute atomic E-state index is 0.199. The molecule has 0 bridgehead atoms. The zero-order chi connectivity index (χ0) is 17.0. The van der Waals surface area contributed by atoms with Crippen LogP contribution in [0.1, 0.15) is 5.56 Å². The van der Waals surface area contributed by atoms with Crippen molar-refractivity contribution in [2.24, 2.45) is 0 Å². The fraction of sp³-hybridized carbons (Fsp3) is 0.438. The quantitative estimate of drug-likeness (QED) is 0.680. The molecule has 3 N–H and O–H groups in total. The molecular formula is C16H22N2O5. The number of aliphatic hydroxyl groups excluding tert-OH is 2. The number of hydrogen-bond acceptors (Lipinski definition) is 6. The topological polar surface area (TPSA) is 95.0 Å². The number of H-pyrrole nitrogens is 1. The average molecular weight is 322 g/mol. The van der Waals surface area contributed by atoms with Crippen molar-refractivity contribution >= 4 is 10.9 Å². The Balaban J connectivity index is 2.35. The van der Waals surface area contributed by atoms with Crippen molar-refractivity contribution in [3.63, 3.8) is 0 Å². The third-order valence-corrected chi connectivity index (χ3v) is 3.60. The van der Waals surface area contributed by atoms with Crippen LogP contribution in [0.2, 0.25) is 0 Å². The van der Waals surface area contributed by atoms with Crippen LogP contribution in [0.25, 0.3) is 10.9 Å². The molecule has 0 spiro atoms. The molecule has 0 aliphatic rings. The van der Waals surface area contributed by atoms with Crippen molar-refractivity contribution in [1.29, 1.82) is 0 Å². The monoisotopic (exact) mass is 322 g/mol. The summed E-state index contributed by atoms with van der Waals surface area (Å²) < 4.78 is 10.5. The van der Waals surface area contributed by atoms with Crippen LogP contribution in [0.5, 0.6) is 11.5 Å². The van der Waals surface area contributed by atoms with Crippen molar-refractivity contribution in [2.75, 3.05) is 34.4 Å². The first-order chi connectivity index (χ1) is 11.0. The summed E-state index contributed by atoms with van der Waals surface area (Å²) in [4.78, 5) is 16.8. The molecule has 2 aromatic rings. The molecule has 7 heteroatoms. The lowest BCUT2D eigenvalue weighted by atomic mass is 10.1. The van der Waals surface area contributed by atoms with Crippen LogP contribution >= 0.6 is 0 Å². The minimum Gasteiger partial charge on any atom is -0.493 e. The second-order valence-electron chi connectivity index (χ2n) is 5.45. The van der Waals surface area contributed by atoms with Gasteiger partial charge in [0.25, 0.3) is 5.56 Å². The highest BCUT2D eigenvalue weighted by Gasteiger charge is 2.12. The molecule has 1 atom stereocenters. The number of nitrogens with zero attached hydrogens (tertiary/aromatic N) is 1. The summed E-state index contributed by atoms with van der Waals surface area (Å²) in [5, 5.41) is 19.2. The standard InChI is InChI=1S/C16H22N2O5/c1-18(8-12(20)9-19)7-11-4-10-5-14(22-2)15(23-3)6-13(10)17-16(11)21/h4-6,12,19-20H,7-9H2,1-3H3,(H,17,21)/t12-/m1/s1. The maximum Gasteiger partial charge on any atom is 0.252 e. The van der Waals surface area contributed by atoms with Crippen molar-refractivity contribution in [2.45, 2.75) is 12.6 Å². The van der Waals surface area contributed by atoms with Gasteiger partial charge in [0, 0.05) is 30.1 Å². The fourth-order valence-electron chi connectivity index (χ4n) is 2.47. The van der Waals surface area contributed by atoms with Gasteiger partial charge >= 0.3 is 0 Å². The molecule has 0 aliphatic carbocycles. The molecule has 0 amide bonds. The van der Waals surface area contributed by atoms with E-state index in [-0.39, 0.29) is 18.7 Å². The van der Waals surface area contributed by atoms with Gasteiger partial charge in [-0.15, -0.1) is 0 Å². The number of benzene rings is 1. The van der Waals surface area contributed by atoms with E-state index in [4.69, 9.17) is 14.6 Å². The first kappa shape index (κ1) is 17.3. The predicted octanol–water partition coefficient (Wildman–Crippen LogP) is 0.330. The van der Waals surface area contributed by atoms with Gasteiger partial charge in [-0.05, 0) is 19.2 Å². The molecule has 23 heavy (non-hydrogen) atoms. The van der Waals surface area contributed by atoms with Crippen molar-refractivity contribution in [3.8, 4) is 11.5 Å². The number of pyridine rings is 1. The normalized spacial score (nSPS) is 12.6. The van der Waals surface area contributed by atoms with Crippen LogP contribution < -0.4 is 15.0 Å². The number of likely N-dealkylation sites (N-methyl/N-ethyl adjacent to an activating group) is 1. The summed E-state index contributed by atoms with van der Waals surface area (Å²) in [6.45, 7) is 0.325. The Bertz CT molecular complexity index is 728. The smallest absolute Gasteiger partial charge is 0.252 e. The lowest BCUT2D eigenvalue weighted by molar-refractivity contribution is 0.0647. The van der Waals surface area contributed by atoms with Gasteiger partial charge in [0.15, 0.2) is 11.5 Å². The van der Waals surface area contributed by atoms with E-state index in [1.165, 1.54) is 7.11 Å². The van der Waals surface area contributed by atoms with E-state index in [1.54, 1.807) is 37.3 Å². The highest BCUT2D eigenvalue weighted by atomic mass is 16.5. The van der Waals surface area contributed by atoms with Crippen LogP contribution in [-0.2, 0) is 6.54 Å². The average Bonchev–Trinajstić information content (AvgIpc) is 2.54. The van der Waals surface area contributed by atoms with E-state index >= 15 is 0 Å². The van der Waals surface area contributed by atoms with E-state index in [9.17, 15) is 9.90 Å². The minimum atomic E-state index is -0.830. The first-order valence-electron chi connectivity index (χ1n) is 7.24. The van der Waals surface area contributed by atoms with Gasteiger partial charge in [-0.3, -0.25) is 9.69 Å². The van der Waals surface area contributed by atoms with E-state index in [1.807, 2.05) is 0 Å². The zero-order valence-electron chi connectivity index (χ0n) is 13.5. The zero-order valence-corrected chi connectivity index (χ0v) is 13.5. The van der Waals surface area contributed by atoms with Gasteiger partial charge in [0.2, 0.25) is 0 Å². The molecule has 2 rings (SSSR count). The van der Waals surface area contributed by atoms with Crippen molar-refractivity contribution in [3.05, 3.63) is 34.1 Å². The molecule has 0 unspecified atom stereocenters. The molecule has 126 valence electrons. The molecule has 7 nitrogen and oxygen atoms in total. The van der Waals surface area contributed by atoms with E-state index in [2.05, 4.69) is 4.98 Å². The van der Waals surface area contributed by atoms with Gasteiger partial charge in [-0.2, -0.15) is 0 Å². The van der Waals surface area contributed by atoms with Gasteiger partial charge < -0.3 is 24.7 Å². The molecule has 0 fully saturated rings. The first-order valence-corrected chi connectivity index (χ1v) is 7.24. The summed E-state index contributed by atoms with van der Waals surface area (Å²) in [6, 6.07) is 5.31. The summed E-state index contributed by atoms with van der Waals surface area (Å²) in [5.74, 6) is 1.13. The highest BCUT2D eigenvalue weighted by Crippen LogP contribution is 2.31. The summed E-state index contributed by atoms with van der Waals surface area (Å²) in [7, 11) is 4.87. The largest absolute Gasteiger partial charge is 0.493 e. The number of nitrogens with one attached hydrogen (secondary N) is 1. The summed E-state index contributed by atoms with van der Waals surface area (Å²) >= 11 is 0. The van der Waals surface area contributed by atoms with Crippen LogP contribution in [0, 0.1) is 0 Å². The third kappa shape index (κ3) is 4.01. The summed E-state index contributed by atoms with van der Waals surface area (Å²) in [6.07, 6.45) is -0.830. The third-order valence-electron chi connectivity index (χ3n) is 3.60. The van der Waals surface area contributed by atoms with Crippen LogP contribution in [-0.4, -0.2) is 60.6 Å². The number of aromatic amines is 1. The molecule has 1 heterocycles. The summed E-state index contributed by atoms with van der Waals surface area (Å²) in [5.41, 5.74) is 1.03. The lowest BCUT2D eigenvalue weighted by Crippen LogP contribution is -2.32. The Kier molecular flexibility index (Phi) is 5.59.